The second-order valence-corrected chi connectivity index (χ2v) is 7.46. The summed E-state index contributed by atoms with van der Waals surface area (Å²) in [4.78, 5) is 28.2. The number of likely N-dealkylation sites (tertiary alicyclic amines) is 1. The number of benzene rings is 2. The Bertz CT molecular complexity index is 810. The van der Waals surface area contributed by atoms with Crippen LogP contribution in [0.25, 0.3) is 0 Å². The Labute approximate surface area is 172 Å². The van der Waals surface area contributed by atoms with Gasteiger partial charge in [0, 0.05) is 51.0 Å². The van der Waals surface area contributed by atoms with Crippen LogP contribution in [0.15, 0.2) is 54.6 Å². The van der Waals surface area contributed by atoms with Gasteiger partial charge in [0.05, 0.1) is 0 Å². The topological polar surface area (TPSA) is 64.7 Å². The minimum atomic E-state index is -0.210. The molecule has 2 aromatic rings. The minimum absolute atomic E-state index is 0.210. The predicted octanol–water partition coefficient (Wildman–Crippen LogP) is 3.85. The molecule has 0 bridgehead atoms. The molecular formula is C23H30N4O2. The number of piperidine rings is 1. The number of urea groups is 1. The predicted molar refractivity (Wildman–Crippen MR) is 117 cm³/mol. The fourth-order valence-corrected chi connectivity index (χ4v) is 3.50. The zero-order chi connectivity index (χ0) is 20.5. The highest BCUT2D eigenvalue weighted by molar-refractivity contribution is 5.89. The van der Waals surface area contributed by atoms with E-state index in [1.54, 1.807) is 0 Å². The van der Waals surface area contributed by atoms with E-state index in [-0.39, 0.29) is 11.9 Å². The first-order valence-electron chi connectivity index (χ1n) is 10.3. The maximum Gasteiger partial charge on any atom is 0.319 e. The van der Waals surface area contributed by atoms with E-state index < -0.39 is 0 Å². The quantitative estimate of drug-likeness (QED) is 0.669. The van der Waals surface area contributed by atoms with Crippen molar-refractivity contribution in [3.8, 4) is 0 Å². The fourth-order valence-electron chi connectivity index (χ4n) is 3.50. The smallest absolute Gasteiger partial charge is 0.319 e. The summed E-state index contributed by atoms with van der Waals surface area (Å²) in [5.74, 6) is 0.216. The first kappa shape index (κ1) is 20.7. The Morgan fingerprint density at radius 1 is 1.10 bits per heavy atom. The maximum absolute atomic E-state index is 12.2. The molecule has 0 aliphatic carbocycles. The molecule has 3 rings (SSSR count). The second-order valence-electron chi connectivity index (χ2n) is 7.46. The number of anilines is 2. The molecule has 1 fully saturated rings. The van der Waals surface area contributed by atoms with Crippen LogP contribution in [0, 0.1) is 0 Å². The van der Waals surface area contributed by atoms with Gasteiger partial charge in [0.15, 0.2) is 0 Å². The Morgan fingerprint density at radius 2 is 1.93 bits per heavy atom. The lowest BCUT2D eigenvalue weighted by Gasteiger charge is -2.26. The molecule has 0 radical (unpaired) electrons. The van der Waals surface area contributed by atoms with Crippen molar-refractivity contribution in [3.63, 3.8) is 0 Å². The molecule has 0 saturated carbocycles. The van der Waals surface area contributed by atoms with Crippen LogP contribution in [0.1, 0.15) is 31.2 Å². The van der Waals surface area contributed by atoms with Gasteiger partial charge in [-0.05, 0) is 49.1 Å². The number of hydrogen-bond donors (Lipinski definition) is 2. The first-order chi connectivity index (χ1) is 14.1. The largest absolute Gasteiger partial charge is 0.375 e. The van der Waals surface area contributed by atoms with Crippen molar-refractivity contribution in [3.05, 3.63) is 60.2 Å². The van der Waals surface area contributed by atoms with E-state index in [9.17, 15) is 9.59 Å². The number of rotatable bonds is 8. The molecular weight excluding hydrogens is 364 g/mol. The van der Waals surface area contributed by atoms with Crippen LogP contribution in [-0.4, -0.2) is 43.5 Å². The lowest BCUT2D eigenvalue weighted by Crippen LogP contribution is -2.34. The van der Waals surface area contributed by atoms with E-state index in [0.717, 1.165) is 43.6 Å². The summed E-state index contributed by atoms with van der Waals surface area (Å²) >= 11 is 0. The van der Waals surface area contributed by atoms with Crippen LogP contribution in [-0.2, 0) is 11.3 Å². The van der Waals surface area contributed by atoms with Crippen molar-refractivity contribution < 1.29 is 9.59 Å². The van der Waals surface area contributed by atoms with E-state index in [0.29, 0.717) is 19.5 Å². The van der Waals surface area contributed by atoms with Gasteiger partial charge < -0.3 is 20.4 Å². The van der Waals surface area contributed by atoms with Gasteiger partial charge in [-0.15, -0.1) is 0 Å². The fraction of sp³-hybridized carbons (Fsp3) is 0.391. The second kappa shape index (κ2) is 10.5. The molecule has 1 heterocycles. The summed E-state index contributed by atoms with van der Waals surface area (Å²) in [7, 11) is 2.05. The normalized spacial score (nSPS) is 13.8. The molecule has 6 heteroatoms. The van der Waals surface area contributed by atoms with E-state index in [4.69, 9.17) is 0 Å². The molecule has 0 aromatic heterocycles. The number of carbonyl (C=O) groups is 2. The molecule has 1 aliphatic heterocycles. The standard InChI is InChI=1S/C23H30N4O2/c1-26(21-11-3-2-4-12-21)15-8-14-24-23(29)25-20-10-7-9-19(17-20)18-27-16-6-5-13-22(27)28/h2-4,7,9-12,17H,5-6,8,13-16,18H2,1H3,(H2,24,25,29). The summed E-state index contributed by atoms with van der Waals surface area (Å²) < 4.78 is 0. The summed E-state index contributed by atoms with van der Waals surface area (Å²) in [6.07, 6.45) is 3.54. The van der Waals surface area contributed by atoms with E-state index >= 15 is 0 Å². The van der Waals surface area contributed by atoms with Gasteiger partial charge in [0.1, 0.15) is 0 Å². The zero-order valence-electron chi connectivity index (χ0n) is 17.1. The summed E-state index contributed by atoms with van der Waals surface area (Å²) in [5, 5.41) is 5.79. The van der Waals surface area contributed by atoms with Gasteiger partial charge >= 0.3 is 6.03 Å². The number of nitrogens with zero attached hydrogens (tertiary/aromatic N) is 2. The molecule has 1 aliphatic rings. The van der Waals surface area contributed by atoms with Crippen LogP contribution in [0.5, 0.6) is 0 Å². The molecule has 154 valence electrons. The number of carbonyl (C=O) groups excluding carboxylic acids is 2. The highest BCUT2D eigenvalue weighted by Gasteiger charge is 2.18. The highest BCUT2D eigenvalue weighted by Crippen LogP contribution is 2.17. The van der Waals surface area contributed by atoms with Crippen LogP contribution in [0.4, 0.5) is 16.2 Å². The number of para-hydroxylation sites is 1. The molecule has 0 spiro atoms. The van der Waals surface area contributed by atoms with Gasteiger partial charge in [0.2, 0.25) is 5.91 Å². The minimum Gasteiger partial charge on any atom is -0.375 e. The monoisotopic (exact) mass is 394 g/mol. The summed E-state index contributed by atoms with van der Waals surface area (Å²) in [5.41, 5.74) is 2.94. The van der Waals surface area contributed by atoms with Gasteiger partial charge in [-0.1, -0.05) is 30.3 Å². The van der Waals surface area contributed by atoms with Gasteiger partial charge in [-0.2, -0.15) is 0 Å². The van der Waals surface area contributed by atoms with Crippen molar-refractivity contribution in [2.45, 2.75) is 32.2 Å². The lowest BCUT2D eigenvalue weighted by atomic mass is 10.1. The molecule has 0 unspecified atom stereocenters. The number of amides is 3. The van der Waals surface area contributed by atoms with Crippen molar-refractivity contribution in [2.75, 3.05) is 36.9 Å². The van der Waals surface area contributed by atoms with Crippen LogP contribution < -0.4 is 15.5 Å². The Hall–Kier alpha value is -3.02. The zero-order valence-corrected chi connectivity index (χ0v) is 17.1. The summed E-state index contributed by atoms with van der Waals surface area (Å²) in [6.45, 7) is 2.88. The molecule has 6 nitrogen and oxygen atoms in total. The van der Waals surface area contributed by atoms with E-state index in [2.05, 4.69) is 27.7 Å². The average molecular weight is 395 g/mol. The van der Waals surface area contributed by atoms with Crippen molar-refractivity contribution in [1.82, 2.24) is 10.2 Å². The molecule has 1 saturated heterocycles. The maximum atomic E-state index is 12.2. The Morgan fingerprint density at radius 3 is 2.72 bits per heavy atom. The van der Waals surface area contributed by atoms with Gasteiger partial charge in [-0.25, -0.2) is 4.79 Å². The van der Waals surface area contributed by atoms with Gasteiger partial charge in [0.25, 0.3) is 0 Å². The SMILES string of the molecule is CN(CCCNC(=O)Nc1cccc(CN2CCCCC2=O)c1)c1ccccc1. The average Bonchev–Trinajstić information content (AvgIpc) is 2.74. The summed E-state index contributed by atoms with van der Waals surface area (Å²) in [6, 6.07) is 17.7. The van der Waals surface area contributed by atoms with Crippen molar-refractivity contribution in [2.24, 2.45) is 0 Å². The van der Waals surface area contributed by atoms with Crippen molar-refractivity contribution >= 4 is 23.3 Å². The van der Waals surface area contributed by atoms with Crippen LogP contribution >= 0.6 is 0 Å². The highest BCUT2D eigenvalue weighted by atomic mass is 16.2. The lowest BCUT2D eigenvalue weighted by molar-refractivity contribution is -0.133. The van der Waals surface area contributed by atoms with E-state index in [1.807, 2.05) is 54.4 Å². The third-order valence-corrected chi connectivity index (χ3v) is 5.13. The number of nitrogens with one attached hydrogen (secondary N) is 2. The number of hydrogen-bond acceptors (Lipinski definition) is 3. The molecule has 2 N–H and O–H groups in total. The Kier molecular flexibility index (Phi) is 7.50. The molecule has 0 atom stereocenters. The third-order valence-electron chi connectivity index (χ3n) is 5.13. The molecule has 29 heavy (non-hydrogen) atoms. The third kappa shape index (κ3) is 6.52. The first-order valence-corrected chi connectivity index (χ1v) is 10.3. The Balaban J connectivity index is 1.40. The van der Waals surface area contributed by atoms with Crippen LogP contribution in [0.2, 0.25) is 0 Å². The van der Waals surface area contributed by atoms with Crippen LogP contribution in [0.3, 0.4) is 0 Å². The molecule has 3 amide bonds. The van der Waals surface area contributed by atoms with E-state index in [1.165, 1.54) is 5.69 Å². The van der Waals surface area contributed by atoms with Gasteiger partial charge in [-0.3, -0.25) is 4.79 Å². The molecule has 2 aromatic carbocycles. The van der Waals surface area contributed by atoms with Crippen molar-refractivity contribution in [1.29, 1.82) is 0 Å².